The van der Waals surface area contributed by atoms with Gasteiger partial charge in [0.2, 0.25) is 0 Å². The van der Waals surface area contributed by atoms with Crippen LogP contribution in [0.5, 0.6) is 0 Å². The average Bonchev–Trinajstić information content (AvgIpc) is 3.20. The molecule has 3 nitrogen and oxygen atoms in total. The van der Waals surface area contributed by atoms with Gasteiger partial charge >= 0.3 is 12.1 Å². The molecule has 39 heavy (non-hydrogen) atoms. The first-order valence-electron chi connectivity index (χ1n) is 12.5. The molecule has 4 rings (SSSR count). The number of benzene rings is 2. The molecule has 2 aromatic carbocycles. The first-order valence-corrected chi connectivity index (χ1v) is 14.5. The quantitative estimate of drug-likeness (QED) is 0.254. The van der Waals surface area contributed by atoms with E-state index in [4.69, 9.17) is 39.8 Å². The van der Waals surface area contributed by atoms with Gasteiger partial charge < -0.3 is 5.11 Å². The van der Waals surface area contributed by atoms with Crippen LogP contribution in [0, 0.1) is 23.1 Å². The van der Waals surface area contributed by atoms with Crippen molar-refractivity contribution in [2.45, 2.75) is 70.0 Å². The zero-order valence-electron chi connectivity index (χ0n) is 21.4. The molecule has 1 N–H and O–H groups in total. The normalized spacial score (nSPS) is 27.1. The van der Waals surface area contributed by atoms with Crippen LogP contribution in [0.1, 0.15) is 64.0 Å². The van der Waals surface area contributed by atoms with Crippen LogP contribution >= 0.6 is 50.7 Å². The minimum Gasteiger partial charge on any atom is -0.481 e. The zero-order valence-corrected chi connectivity index (χ0v) is 25.3. The second-order valence-corrected chi connectivity index (χ2v) is 13.1. The van der Waals surface area contributed by atoms with E-state index in [0.29, 0.717) is 25.7 Å². The predicted octanol–water partition coefficient (Wildman–Crippen LogP) is 10.0. The van der Waals surface area contributed by atoms with Crippen LogP contribution in [-0.2, 0) is 15.7 Å². The van der Waals surface area contributed by atoms with Gasteiger partial charge in [-0.3, -0.25) is 9.79 Å². The monoisotopic (exact) mass is 669 g/mol. The van der Waals surface area contributed by atoms with Gasteiger partial charge in [0.15, 0.2) is 0 Å². The number of hydrogen-bond donors (Lipinski definition) is 1. The third-order valence-electron chi connectivity index (χ3n) is 8.47. The van der Waals surface area contributed by atoms with Gasteiger partial charge in [-0.15, -0.1) is 0 Å². The largest absolute Gasteiger partial charge is 0.481 e. The van der Waals surface area contributed by atoms with E-state index in [1.165, 1.54) is 12.1 Å². The average molecular weight is 672 g/mol. The summed E-state index contributed by atoms with van der Waals surface area (Å²) in [5, 5.41) is 10.2. The molecule has 1 aliphatic heterocycles. The maximum absolute atomic E-state index is 16.0. The highest BCUT2D eigenvalue weighted by Crippen LogP contribution is 2.65. The van der Waals surface area contributed by atoms with Crippen molar-refractivity contribution in [3.05, 3.63) is 66.8 Å². The van der Waals surface area contributed by atoms with Gasteiger partial charge in [-0.05, 0) is 70.1 Å². The van der Waals surface area contributed by atoms with Gasteiger partial charge in [0, 0.05) is 11.1 Å². The summed E-state index contributed by atoms with van der Waals surface area (Å²) in [5.41, 5.74) is -6.63. The summed E-state index contributed by atoms with van der Waals surface area (Å²) >= 11 is 21.8. The summed E-state index contributed by atoms with van der Waals surface area (Å²) < 4.78 is 62.3. The molecule has 1 fully saturated rings. The molecule has 2 aromatic rings. The smallest absolute Gasteiger partial charge is 0.404 e. The van der Waals surface area contributed by atoms with Gasteiger partial charge in [-0.25, -0.2) is 4.39 Å². The lowest BCUT2D eigenvalue weighted by Crippen LogP contribution is -2.61. The molecule has 2 aliphatic rings. The number of halogens is 8. The molecule has 1 saturated carbocycles. The molecule has 0 spiro atoms. The minimum absolute atomic E-state index is 0.00752. The van der Waals surface area contributed by atoms with Crippen LogP contribution in [0.15, 0.2) is 39.8 Å². The Morgan fingerprint density at radius 2 is 1.62 bits per heavy atom. The van der Waals surface area contributed by atoms with E-state index in [-0.39, 0.29) is 30.8 Å². The van der Waals surface area contributed by atoms with Crippen molar-refractivity contribution in [2.75, 3.05) is 0 Å². The molecule has 2 unspecified atom stereocenters. The second-order valence-electron chi connectivity index (χ2n) is 11.0. The fourth-order valence-electron chi connectivity index (χ4n) is 6.68. The third kappa shape index (κ3) is 4.61. The molecule has 212 valence electrons. The molecular formula is C28H27BrCl3F4NO2. The molecule has 11 heteroatoms. The topological polar surface area (TPSA) is 49.7 Å². The fraction of sp³-hybridized carbons (Fsp3) is 0.500. The number of aliphatic carboxylic acids is 1. The maximum atomic E-state index is 16.0. The lowest BCUT2D eigenvalue weighted by Gasteiger charge is -2.47. The number of carbonyl (C=O) groups is 1. The van der Waals surface area contributed by atoms with Gasteiger partial charge in [-0.2, -0.15) is 13.2 Å². The van der Waals surface area contributed by atoms with Crippen molar-refractivity contribution in [2.24, 2.45) is 22.2 Å². The van der Waals surface area contributed by atoms with Gasteiger partial charge in [-0.1, -0.05) is 80.9 Å². The molecule has 0 bridgehead atoms. The lowest BCUT2D eigenvalue weighted by atomic mass is 9.54. The summed E-state index contributed by atoms with van der Waals surface area (Å²) in [4.78, 5) is 18.2. The van der Waals surface area contributed by atoms with E-state index in [0.717, 1.165) is 24.6 Å². The number of rotatable bonds is 5. The SMILES string of the molecule is CC(C)[C@@]1(c2ccc(F)c(Br)c2)N=C(C2(C)CCCCC2)C(c2cc(Cl)c(Cl)c(Cl)c2)(C(F)(F)F)C1C(=O)O. The second kappa shape index (κ2) is 10.5. The van der Waals surface area contributed by atoms with Crippen LogP contribution in [0.25, 0.3) is 0 Å². The third-order valence-corrected chi connectivity index (χ3v) is 10.3. The molecule has 0 radical (unpaired) electrons. The minimum atomic E-state index is -5.14. The van der Waals surface area contributed by atoms with E-state index < -0.39 is 51.7 Å². The molecule has 0 aromatic heterocycles. The van der Waals surface area contributed by atoms with E-state index in [2.05, 4.69) is 15.9 Å². The lowest BCUT2D eigenvalue weighted by molar-refractivity contribution is -0.198. The fourth-order valence-corrected chi connectivity index (χ4v) is 7.65. The number of hydrogen-bond acceptors (Lipinski definition) is 2. The standard InChI is InChI=1S/C28H27BrCl3F4NO2/c1-14(2)27(15-7-8-20(33)17(29)11-15)22(23(38)39)26(28(34,35)36,16-12-18(30)21(32)19(31)13-16)24(37-27)25(3)9-5-4-6-10-25/h7-8,11-14,22H,4-6,9-10H2,1-3H3,(H,38,39)/t22?,26?,27-/m0/s1. The van der Waals surface area contributed by atoms with Gasteiger partial charge in [0.1, 0.15) is 22.7 Å². The van der Waals surface area contributed by atoms with Gasteiger partial charge in [0.05, 0.1) is 19.5 Å². The predicted molar refractivity (Wildman–Crippen MR) is 150 cm³/mol. The van der Waals surface area contributed by atoms with Crippen LogP contribution in [-0.4, -0.2) is 23.0 Å². The van der Waals surface area contributed by atoms with Crippen molar-refractivity contribution < 1.29 is 27.5 Å². The van der Waals surface area contributed by atoms with Crippen LogP contribution in [0.2, 0.25) is 15.1 Å². The Kier molecular flexibility index (Phi) is 8.23. The van der Waals surface area contributed by atoms with Crippen molar-refractivity contribution in [3.63, 3.8) is 0 Å². The highest BCUT2D eigenvalue weighted by molar-refractivity contribution is 9.10. The molecule has 0 saturated heterocycles. The number of aliphatic imine (C=N–C) groups is 1. The Labute approximate surface area is 248 Å². The Hall–Kier alpha value is -1.35. The highest BCUT2D eigenvalue weighted by Gasteiger charge is 2.77. The Bertz CT molecular complexity index is 1320. The van der Waals surface area contributed by atoms with Crippen LogP contribution in [0.3, 0.4) is 0 Å². The first kappa shape index (κ1) is 30.6. The summed E-state index contributed by atoms with van der Waals surface area (Å²) in [6.45, 7) is 4.98. The number of carboxylic acid groups (broad SMARTS) is 1. The molecular weight excluding hydrogens is 645 g/mol. The molecule has 3 atom stereocenters. The summed E-state index contributed by atoms with van der Waals surface area (Å²) in [6, 6.07) is 5.85. The number of alkyl halides is 3. The Morgan fingerprint density at radius 3 is 2.08 bits per heavy atom. The summed E-state index contributed by atoms with van der Waals surface area (Å²) in [5.74, 6) is -5.23. The van der Waals surface area contributed by atoms with E-state index in [9.17, 15) is 14.3 Å². The first-order chi connectivity index (χ1) is 18.0. The highest BCUT2D eigenvalue weighted by atomic mass is 79.9. The van der Waals surface area contributed by atoms with E-state index in [1.807, 2.05) is 0 Å². The Morgan fingerprint density at radius 1 is 1.05 bits per heavy atom. The van der Waals surface area contributed by atoms with E-state index in [1.54, 1.807) is 20.8 Å². The number of nitrogens with zero attached hydrogens (tertiary/aromatic N) is 1. The van der Waals surface area contributed by atoms with Crippen molar-refractivity contribution in [3.8, 4) is 0 Å². The van der Waals surface area contributed by atoms with Gasteiger partial charge in [0.25, 0.3) is 0 Å². The molecule has 0 amide bonds. The summed E-state index contributed by atoms with van der Waals surface area (Å²) in [7, 11) is 0. The van der Waals surface area contributed by atoms with E-state index >= 15 is 13.2 Å². The summed E-state index contributed by atoms with van der Waals surface area (Å²) in [6.07, 6.45) is -2.16. The van der Waals surface area contributed by atoms with Crippen molar-refractivity contribution >= 4 is 62.4 Å². The Balaban J connectivity index is 2.24. The van der Waals surface area contributed by atoms with Crippen LogP contribution < -0.4 is 0 Å². The zero-order chi connectivity index (χ0) is 29.1. The maximum Gasteiger partial charge on any atom is 0.404 e. The molecule has 1 heterocycles. The van der Waals surface area contributed by atoms with Crippen LogP contribution in [0.4, 0.5) is 17.6 Å². The molecule has 1 aliphatic carbocycles. The number of carboxylic acids is 1. The van der Waals surface area contributed by atoms with Crippen molar-refractivity contribution in [1.29, 1.82) is 0 Å². The van der Waals surface area contributed by atoms with Crippen molar-refractivity contribution in [1.82, 2.24) is 0 Å².